The molecule has 5 nitrogen and oxygen atoms in total. The number of H-pyrrole nitrogens is 1. The number of para-hydroxylation sites is 1. The zero-order valence-corrected chi connectivity index (χ0v) is 13.1. The van der Waals surface area contributed by atoms with Crippen LogP contribution in [0, 0.1) is 5.92 Å². The zero-order valence-electron chi connectivity index (χ0n) is 13.1. The highest BCUT2D eigenvalue weighted by molar-refractivity contribution is 5.80. The van der Waals surface area contributed by atoms with Crippen molar-refractivity contribution in [3.8, 4) is 5.75 Å². The van der Waals surface area contributed by atoms with Gasteiger partial charge in [-0.1, -0.05) is 18.2 Å². The van der Waals surface area contributed by atoms with Crippen molar-refractivity contribution < 1.29 is 9.53 Å². The molecule has 23 heavy (non-hydrogen) atoms. The number of hydrogen-bond donors (Lipinski definition) is 1. The van der Waals surface area contributed by atoms with Gasteiger partial charge in [-0.15, -0.1) is 0 Å². The number of benzene rings is 1. The van der Waals surface area contributed by atoms with Crippen molar-refractivity contribution in [3.63, 3.8) is 0 Å². The van der Waals surface area contributed by atoms with E-state index in [2.05, 4.69) is 16.0 Å². The fraction of sp³-hybridized carbons (Fsp3) is 0.444. The number of fused-ring (bicyclic) bond motifs is 1. The van der Waals surface area contributed by atoms with E-state index in [1.165, 1.54) is 0 Å². The number of imidazole rings is 1. The molecule has 120 valence electrons. The number of ether oxygens (including phenoxy) is 1. The summed E-state index contributed by atoms with van der Waals surface area (Å²) in [6, 6.07) is 8.01. The third-order valence-electron chi connectivity index (χ3n) is 4.94. The number of amides is 1. The average molecular weight is 311 g/mol. The van der Waals surface area contributed by atoms with Crippen LogP contribution in [0.15, 0.2) is 36.7 Å². The lowest BCUT2D eigenvalue weighted by atomic mass is 9.92. The maximum atomic E-state index is 12.8. The number of aromatic nitrogens is 2. The van der Waals surface area contributed by atoms with Crippen LogP contribution in [-0.4, -0.2) is 40.5 Å². The van der Waals surface area contributed by atoms with Gasteiger partial charge in [0.25, 0.3) is 0 Å². The molecule has 0 radical (unpaired) electrons. The fourth-order valence-corrected chi connectivity index (χ4v) is 3.62. The lowest BCUT2D eigenvalue weighted by molar-refractivity contribution is -0.138. The molecule has 0 saturated carbocycles. The largest absolute Gasteiger partial charge is 0.492 e. The molecule has 2 aliphatic rings. The van der Waals surface area contributed by atoms with E-state index < -0.39 is 0 Å². The van der Waals surface area contributed by atoms with Crippen molar-refractivity contribution in [3.05, 3.63) is 48.0 Å². The lowest BCUT2D eigenvalue weighted by Gasteiger charge is -2.35. The summed E-state index contributed by atoms with van der Waals surface area (Å²) in [7, 11) is 0. The van der Waals surface area contributed by atoms with Crippen LogP contribution in [0.1, 0.15) is 30.1 Å². The number of likely N-dealkylation sites (tertiary alicyclic amines) is 1. The molecule has 1 N–H and O–H groups in total. The van der Waals surface area contributed by atoms with E-state index in [0.29, 0.717) is 12.5 Å². The van der Waals surface area contributed by atoms with Crippen LogP contribution in [-0.2, 0) is 11.2 Å². The normalized spacial score (nSPS) is 21.6. The van der Waals surface area contributed by atoms with Gasteiger partial charge in [0.2, 0.25) is 5.91 Å². The Morgan fingerprint density at radius 2 is 2.09 bits per heavy atom. The molecule has 0 aliphatic carbocycles. The van der Waals surface area contributed by atoms with Crippen molar-refractivity contribution in [2.45, 2.75) is 25.2 Å². The molecule has 1 aromatic heterocycles. The van der Waals surface area contributed by atoms with Gasteiger partial charge in [0.15, 0.2) is 0 Å². The second kappa shape index (κ2) is 6.07. The van der Waals surface area contributed by atoms with Crippen LogP contribution in [0.3, 0.4) is 0 Å². The monoisotopic (exact) mass is 311 g/mol. The lowest BCUT2D eigenvalue weighted by Crippen LogP contribution is -2.44. The van der Waals surface area contributed by atoms with Crippen LogP contribution in [0.25, 0.3) is 0 Å². The number of nitrogens with one attached hydrogen (secondary N) is 1. The second-order valence-electron chi connectivity index (χ2n) is 6.39. The smallest absolute Gasteiger partial charge is 0.229 e. The Morgan fingerprint density at radius 3 is 2.87 bits per heavy atom. The first-order valence-corrected chi connectivity index (χ1v) is 8.30. The Balaban J connectivity index is 1.37. The summed E-state index contributed by atoms with van der Waals surface area (Å²) in [6.45, 7) is 2.11. The molecule has 4 rings (SSSR count). The van der Waals surface area contributed by atoms with Gasteiger partial charge in [0.05, 0.1) is 5.92 Å². The van der Waals surface area contributed by atoms with Gasteiger partial charge in [0, 0.05) is 31.4 Å². The summed E-state index contributed by atoms with van der Waals surface area (Å²) in [5.41, 5.74) is 1.14. The number of piperidine rings is 1. The van der Waals surface area contributed by atoms with Gasteiger partial charge in [-0.2, -0.15) is 0 Å². The fourth-order valence-electron chi connectivity index (χ4n) is 3.62. The van der Waals surface area contributed by atoms with Crippen LogP contribution < -0.4 is 4.74 Å². The van der Waals surface area contributed by atoms with E-state index in [1.54, 1.807) is 6.20 Å². The van der Waals surface area contributed by atoms with Crippen LogP contribution in [0.4, 0.5) is 0 Å². The predicted octanol–water partition coefficient (Wildman–Crippen LogP) is 2.37. The number of carbonyl (C=O) groups is 1. The van der Waals surface area contributed by atoms with Crippen molar-refractivity contribution in [2.75, 3.05) is 19.7 Å². The van der Waals surface area contributed by atoms with Crippen LogP contribution in [0.2, 0.25) is 0 Å². The standard InChI is InChI=1S/C18H21N3O2/c22-18(15-11-14-3-1-2-4-16(14)23-12-15)21-9-5-13(6-10-21)17-19-7-8-20-17/h1-4,7-8,13,15H,5-6,9-12H2,(H,19,20)/t15-/m0/s1. The Labute approximate surface area is 135 Å². The minimum atomic E-state index is -0.0509. The Hall–Kier alpha value is -2.30. The van der Waals surface area contributed by atoms with Crippen molar-refractivity contribution in [1.82, 2.24) is 14.9 Å². The first-order valence-electron chi connectivity index (χ1n) is 8.30. The highest BCUT2D eigenvalue weighted by Gasteiger charge is 2.32. The van der Waals surface area contributed by atoms with Crippen LogP contribution >= 0.6 is 0 Å². The van der Waals surface area contributed by atoms with Gasteiger partial charge in [-0.05, 0) is 30.9 Å². The van der Waals surface area contributed by atoms with Crippen LogP contribution in [0.5, 0.6) is 5.75 Å². The summed E-state index contributed by atoms with van der Waals surface area (Å²) in [6.07, 6.45) is 6.40. The zero-order chi connectivity index (χ0) is 15.6. The van der Waals surface area contributed by atoms with E-state index >= 15 is 0 Å². The van der Waals surface area contributed by atoms with E-state index in [-0.39, 0.29) is 11.8 Å². The molecule has 2 aliphatic heterocycles. The Kier molecular flexibility index (Phi) is 3.77. The minimum absolute atomic E-state index is 0.0509. The molecule has 2 aromatic rings. The number of carbonyl (C=O) groups excluding carboxylic acids is 1. The molecule has 0 spiro atoms. The minimum Gasteiger partial charge on any atom is -0.492 e. The van der Waals surface area contributed by atoms with Gasteiger partial charge >= 0.3 is 0 Å². The van der Waals surface area contributed by atoms with E-state index in [9.17, 15) is 4.79 Å². The van der Waals surface area contributed by atoms with Gasteiger partial charge < -0.3 is 14.6 Å². The number of hydrogen-bond acceptors (Lipinski definition) is 3. The maximum absolute atomic E-state index is 12.8. The third kappa shape index (κ3) is 2.83. The first kappa shape index (κ1) is 14.3. The van der Waals surface area contributed by atoms with E-state index in [4.69, 9.17) is 4.74 Å². The number of nitrogens with zero attached hydrogens (tertiary/aromatic N) is 2. The summed E-state index contributed by atoms with van der Waals surface area (Å²) in [5, 5.41) is 0. The first-order chi connectivity index (χ1) is 11.3. The van der Waals surface area contributed by atoms with Gasteiger partial charge in [-0.25, -0.2) is 4.98 Å². The molecule has 1 amide bonds. The maximum Gasteiger partial charge on any atom is 0.229 e. The molecule has 1 atom stereocenters. The summed E-state index contributed by atoms with van der Waals surface area (Å²) >= 11 is 0. The quantitative estimate of drug-likeness (QED) is 0.926. The Morgan fingerprint density at radius 1 is 1.26 bits per heavy atom. The molecular formula is C18H21N3O2. The second-order valence-corrected chi connectivity index (χ2v) is 6.39. The molecule has 1 aromatic carbocycles. The summed E-state index contributed by atoms with van der Waals surface area (Å²) in [5.74, 6) is 2.60. The molecule has 1 fully saturated rings. The molecule has 5 heteroatoms. The molecule has 1 saturated heterocycles. The topological polar surface area (TPSA) is 58.2 Å². The van der Waals surface area contributed by atoms with Crippen molar-refractivity contribution >= 4 is 5.91 Å². The summed E-state index contributed by atoms with van der Waals surface area (Å²) < 4.78 is 5.77. The van der Waals surface area contributed by atoms with Crippen molar-refractivity contribution in [2.24, 2.45) is 5.92 Å². The third-order valence-corrected chi connectivity index (χ3v) is 4.94. The highest BCUT2D eigenvalue weighted by atomic mass is 16.5. The van der Waals surface area contributed by atoms with E-state index in [1.807, 2.05) is 29.3 Å². The highest BCUT2D eigenvalue weighted by Crippen LogP contribution is 2.30. The molecule has 0 unspecified atom stereocenters. The van der Waals surface area contributed by atoms with E-state index in [0.717, 1.165) is 49.5 Å². The Bertz CT molecular complexity index is 675. The number of rotatable bonds is 2. The number of aromatic amines is 1. The molecular weight excluding hydrogens is 290 g/mol. The predicted molar refractivity (Wildman–Crippen MR) is 86.3 cm³/mol. The SMILES string of the molecule is O=C([C@@H]1COc2ccccc2C1)N1CCC(c2ncc[nH]2)CC1. The summed E-state index contributed by atoms with van der Waals surface area (Å²) in [4.78, 5) is 22.3. The average Bonchev–Trinajstić information content (AvgIpc) is 3.15. The van der Waals surface area contributed by atoms with Crippen molar-refractivity contribution in [1.29, 1.82) is 0 Å². The van der Waals surface area contributed by atoms with Gasteiger partial charge in [0.1, 0.15) is 18.2 Å². The molecule has 0 bridgehead atoms. The molecule has 3 heterocycles. The van der Waals surface area contributed by atoms with Gasteiger partial charge in [-0.3, -0.25) is 4.79 Å².